The molecule has 0 amide bonds. The molecule has 0 radical (unpaired) electrons. The van der Waals surface area contributed by atoms with Crippen molar-refractivity contribution in [3.63, 3.8) is 0 Å². The highest BCUT2D eigenvalue weighted by atomic mass is 16.5. The van der Waals surface area contributed by atoms with Gasteiger partial charge >= 0.3 is 0 Å². The Morgan fingerprint density at radius 1 is 0.509 bits per heavy atom. The molecule has 0 aliphatic rings. The van der Waals surface area contributed by atoms with Crippen LogP contribution < -0.4 is 4.74 Å². The van der Waals surface area contributed by atoms with Gasteiger partial charge in [-0.1, -0.05) is 103 Å². The van der Waals surface area contributed by atoms with Crippen molar-refractivity contribution in [2.45, 2.75) is 27.7 Å². The minimum atomic E-state index is 0.721. The summed E-state index contributed by atoms with van der Waals surface area (Å²) in [7, 11) is 0. The van der Waals surface area contributed by atoms with Gasteiger partial charge in [-0.05, 0) is 92.4 Å². The molecule has 3 heterocycles. The molecular formula is C48H38N4O. The van der Waals surface area contributed by atoms with E-state index in [0.29, 0.717) is 0 Å². The maximum absolute atomic E-state index is 6.69. The molecule has 0 bridgehead atoms. The van der Waals surface area contributed by atoms with Crippen molar-refractivity contribution in [2.24, 2.45) is 0 Å². The lowest BCUT2D eigenvalue weighted by Crippen LogP contribution is -2.01. The van der Waals surface area contributed by atoms with Crippen molar-refractivity contribution in [1.29, 1.82) is 0 Å². The van der Waals surface area contributed by atoms with Crippen molar-refractivity contribution in [1.82, 2.24) is 19.3 Å². The SMILES string of the molecule is Cc1ccnc(-n2c3ccccc3c3ccc(Oc4cccc(-n5nc(-c6ccccc6)c(-c6c(C)cc(C)cc6C)c5-c5ccccc5)c4)cc32)c1. The molecule has 53 heavy (non-hydrogen) atoms. The number of benzene rings is 6. The van der Waals surface area contributed by atoms with E-state index >= 15 is 0 Å². The van der Waals surface area contributed by atoms with E-state index in [-0.39, 0.29) is 0 Å². The van der Waals surface area contributed by atoms with E-state index < -0.39 is 0 Å². The number of aromatic nitrogens is 4. The van der Waals surface area contributed by atoms with E-state index in [1.54, 1.807) is 0 Å². The molecule has 0 unspecified atom stereocenters. The Hall–Kier alpha value is -6.72. The summed E-state index contributed by atoms with van der Waals surface area (Å²) < 4.78 is 11.0. The van der Waals surface area contributed by atoms with Crippen LogP contribution in [0.15, 0.2) is 158 Å². The van der Waals surface area contributed by atoms with Gasteiger partial charge in [0.25, 0.3) is 0 Å². The Morgan fingerprint density at radius 2 is 1.19 bits per heavy atom. The lowest BCUT2D eigenvalue weighted by molar-refractivity contribution is 0.483. The molecule has 6 aromatic carbocycles. The summed E-state index contributed by atoms with van der Waals surface area (Å²) in [6.45, 7) is 8.66. The Kier molecular flexibility index (Phi) is 7.97. The van der Waals surface area contributed by atoms with E-state index in [9.17, 15) is 0 Å². The third kappa shape index (κ3) is 5.77. The second-order valence-corrected chi connectivity index (χ2v) is 13.8. The second-order valence-electron chi connectivity index (χ2n) is 13.8. The fraction of sp³-hybridized carbons (Fsp3) is 0.0833. The van der Waals surface area contributed by atoms with Gasteiger partial charge in [-0.3, -0.25) is 4.57 Å². The minimum Gasteiger partial charge on any atom is -0.457 e. The van der Waals surface area contributed by atoms with Gasteiger partial charge in [-0.15, -0.1) is 0 Å². The van der Waals surface area contributed by atoms with Crippen molar-refractivity contribution >= 4 is 21.8 Å². The summed E-state index contributed by atoms with van der Waals surface area (Å²) in [6, 6.07) is 52.8. The van der Waals surface area contributed by atoms with E-state index in [2.05, 4.69) is 164 Å². The highest BCUT2D eigenvalue weighted by molar-refractivity contribution is 6.09. The van der Waals surface area contributed by atoms with E-state index in [0.717, 1.165) is 73.1 Å². The first-order valence-corrected chi connectivity index (χ1v) is 18.0. The van der Waals surface area contributed by atoms with Gasteiger partial charge in [0.1, 0.15) is 23.0 Å². The molecule has 0 atom stereocenters. The summed E-state index contributed by atoms with van der Waals surface area (Å²) in [5.74, 6) is 2.34. The molecule has 0 N–H and O–H groups in total. The predicted octanol–water partition coefficient (Wildman–Crippen LogP) is 12.4. The zero-order valence-electron chi connectivity index (χ0n) is 30.2. The van der Waals surface area contributed by atoms with Crippen molar-refractivity contribution in [3.05, 3.63) is 180 Å². The van der Waals surface area contributed by atoms with Crippen LogP contribution in [0, 0.1) is 27.7 Å². The van der Waals surface area contributed by atoms with Crippen LogP contribution in [-0.2, 0) is 0 Å². The molecule has 3 aromatic heterocycles. The van der Waals surface area contributed by atoms with Crippen LogP contribution >= 0.6 is 0 Å². The first kappa shape index (κ1) is 32.2. The summed E-state index contributed by atoms with van der Waals surface area (Å²) in [5.41, 5.74) is 14.4. The van der Waals surface area contributed by atoms with Crippen LogP contribution in [0.3, 0.4) is 0 Å². The van der Waals surface area contributed by atoms with Gasteiger partial charge in [-0.25, -0.2) is 9.67 Å². The molecule has 0 aliphatic heterocycles. The maximum Gasteiger partial charge on any atom is 0.137 e. The number of nitrogens with zero attached hydrogens (tertiary/aromatic N) is 4. The molecule has 0 aliphatic carbocycles. The number of hydrogen-bond acceptors (Lipinski definition) is 3. The van der Waals surface area contributed by atoms with Crippen LogP contribution in [0.2, 0.25) is 0 Å². The first-order valence-electron chi connectivity index (χ1n) is 18.0. The van der Waals surface area contributed by atoms with E-state index in [1.165, 1.54) is 27.6 Å². The number of hydrogen-bond donors (Lipinski definition) is 0. The summed E-state index contributed by atoms with van der Waals surface area (Å²) in [5, 5.41) is 7.75. The summed E-state index contributed by atoms with van der Waals surface area (Å²) in [4.78, 5) is 4.75. The minimum absolute atomic E-state index is 0.721. The quantitative estimate of drug-likeness (QED) is 0.168. The molecule has 5 nitrogen and oxygen atoms in total. The number of rotatable bonds is 7. The predicted molar refractivity (Wildman–Crippen MR) is 217 cm³/mol. The number of aryl methyl sites for hydroxylation is 4. The second kappa shape index (κ2) is 13.1. The summed E-state index contributed by atoms with van der Waals surface area (Å²) >= 11 is 0. The summed E-state index contributed by atoms with van der Waals surface area (Å²) in [6.07, 6.45) is 1.87. The molecule has 0 saturated carbocycles. The van der Waals surface area contributed by atoms with Gasteiger partial charge in [0.05, 0.1) is 22.4 Å². The van der Waals surface area contributed by atoms with Crippen LogP contribution in [0.5, 0.6) is 11.5 Å². The Labute approximate surface area is 309 Å². The average molecular weight is 687 g/mol. The third-order valence-corrected chi connectivity index (χ3v) is 9.98. The van der Waals surface area contributed by atoms with Crippen LogP contribution in [-0.4, -0.2) is 19.3 Å². The van der Waals surface area contributed by atoms with Gasteiger partial charge in [0, 0.05) is 45.8 Å². The molecule has 256 valence electrons. The Bertz CT molecular complexity index is 2770. The first-order chi connectivity index (χ1) is 25.9. The molecule has 0 spiro atoms. The normalized spacial score (nSPS) is 11.4. The number of fused-ring (bicyclic) bond motifs is 3. The van der Waals surface area contributed by atoms with Crippen LogP contribution in [0.1, 0.15) is 22.3 Å². The Balaban J connectivity index is 1.21. The zero-order valence-corrected chi connectivity index (χ0v) is 30.2. The lowest BCUT2D eigenvalue weighted by atomic mass is 9.89. The van der Waals surface area contributed by atoms with Crippen LogP contribution in [0.25, 0.3) is 67.0 Å². The Morgan fingerprint density at radius 3 is 1.94 bits per heavy atom. The smallest absolute Gasteiger partial charge is 0.137 e. The fourth-order valence-electron chi connectivity index (χ4n) is 7.79. The largest absolute Gasteiger partial charge is 0.457 e. The highest BCUT2D eigenvalue weighted by Gasteiger charge is 2.25. The average Bonchev–Trinajstić information content (AvgIpc) is 3.72. The molecule has 9 rings (SSSR count). The van der Waals surface area contributed by atoms with E-state index in [4.69, 9.17) is 14.8 Å². The highest BCUT2D eigenvalue weighted by Crippen LogP contribution is 2.44. The number of pyridine rings is 1. The van der Waals surface area contributed by atoms with Crippen LogP contribution in [0.4, 0.5) is 0 Å². The topological polar surface area (TPSA) is 44.9 Å². The van der Waals surface area contributed by atoms with Gasteiger partial charge in [-0.2, -0.15) is 5.10 Å². The van der Waals surface area contributed by atoms with Gasteiger partial charge in [0.15, 0.2) is 0 Å². The maximum atomic E-state index is 6.69. The standard InChI is InChI=1S/C48H38N4O/c1-31-24-25-49-44(28-31)51-42-21-12-11-20-40(42)41-23-22-39(30-43(41)51)53-38-19-13-18-37(29-38)52-48(36-16-9-6-10-17-36)46(45-33(3)26-32(2)27-34(45)4)47(50-52)35-14-7-5-8-15-35/h5-30H,1-4H3. The van der Waals surface area contributed by atoms with Crippen molar-refractivity contribution in [3.8, 4) is 56.6 Å². The zero-order chi connectivity index (χ0) is 36.1. The third-order valence-electron chi connectivity index (χ3n) is 9.98. The molecule has 0 fully saturated rings. The molecule has 5 heteroatoms. The number of ether oxygens (including phenoxy) is 1. The number of para-hydroxylation sites is 1. The molecule has 9 aromatic rings. The molecule has 0 saturated heterocycles. The van der Waals surface area contributed by atoms with Crippen molar-refractivity contribution in [2.75, 3.05) is 0 Å². The van der Waals surface area contributed by atoms with Gasteiger partial charge in [0.2, 0.25) is 0 Å². The van der Waals surface area contributed by atoms with Crippen molar-refractivity contribution < 1.29 is 4.74 Å². The molecular weight excluding hydrogens is 649 g/mol. The lowest BCUT2D eigenvalue weighted by Gasteiger charge is -2.16. The van der Waals surface area contributed by atoms with Gasteiger partial charge < -0.3 is 4.74 Å². The van der Waals surface area contributed by atoms with E-state index in [1.807, 2.05) is 30.5 Å². The fourth-order valence-corrected chi connectivity index (χ4v) is 7.79. The monoisotopic (exact) mass is 686 g/mol.